The molecule has 0 radical (unpaired) electrons. The van der Waals surface area contributed by atoms with Crippen LogP contribution in [-0.2, 0) is 4.74 Å². The molecule has 7 nitrogen and oxygen atoms in total. The lowest BCUT2D eigenvalue weighted by molar-refractivity contribution is 0.0117. The van der Waals surface area contributed by atoms with Crippen molar-refractivity contribution in [3.05, 3.63) is 22.2 Å². The van der Waals surface area contributed by atoms with Gasteiger partial charge in [0.05, 0.1) is 7.11 Å². The van der Waals surface area contributed by atoms with Crippen molar-refractivity contribution in [1.29, 1.82) is 0 Å². The van der Waals surface area contributed by atoms with Crippen molar-refractivity contribution in [2.45, 2.75) is 38.6 Å². The molecule has 23 heavy (non-hydrogen) atoms. The van der Waals surface area contributed by atoms with Gasteiger partial charge in [-0.3, -0.25) is 0 Å². The van der Waals surface area contributed by atoms with Gasteiger partial charge >= 0.3 is 6.09 Å². The van der Waals surface area contributed by atoms with Crippen molar-refractivity contribution in [3.63, 3.8) is 0 Å². The summed E-state index contributed by atoms with van der Waals surface area (Å²) in [4.78, 5) is 11.5. The summed E-state index contributed by atoms with van der Waals surface area (Å²) < 4.78 is 10.6. The maximum absolute atomic E-state index is 11.5. The predicted octanol–water partition coefficient (Wildman–Crippen LogP) is 2.08. The van der Waals surface area contributed by atoms with Crippen molar-refractivity contribution >= 4 is 22.0 Å². The summed E-state index contributed by atoms with van der Waals surface area (Å²) in [5, 5.41) is 32.6. The molecule has 0 fully saturated rings. The largest absolute Gasteiger partial charge is 0.504 e. The highest BCUT2D eigenvalue weighted by atomic mass is 79.9. The summed E-state index contributed by atoms with van der Waals surface area (Å²) in [6.07, 6.45) is -3.47. The smallest absolute Gasteiger partial charge is 0.407 e. The quantitative estimate of drug-likeness (QED) is 0.611. The first kappa shape index (κ1) is 19.5. The number of hydrogen-bond donors (Lipinski definition) is 4. The third-order valence-corrected chi connectivity index (χ3v) is 3.28. The number of carbonyl (C=O) groups is 1. The van der Waals surface area contributed by atoms with Crippen molar-refractivity contribution in [3.8, 4) is 11.5 Å². The Labute approximate surface area is 143 Å². The van der Waals surface area contributed by atoms with Crippen LogP contribution in [0.15, 0.2) is 16.6 Å². The van der Waals surface area contributed by atoms with E-state index in [1.165, 1.54) is 19.2 Å². The van der Waals surface area contributed by atoms with Crippen LogP contribution in [0.4, 0.5) is 4.79 Å². The second-order valence-electron chi connectivity index (χ2n) is 5.94. The molecule has 1 amide bonds. The number of methoxy groups -OCH3 is 1. The number of aliphatic hydroxyl groups excluding tert-OH is 2. The Morgan fingerprint density at radius 1 is 1.35 bits per heavy atom. The van der Waals surface area contributed by atoms with Crippen molar-refractivity contribution in [2.24, 2.45) is 0 Å². The molecule has 4 N–H and O–H groups in total. The third kappa shape index (κ3) is 5.89. The van der Waals surface area contributed by atoms with Crippen LogP contribution >= 0.6 is 15.9 Å². The lowest BCUT2D eigenvalue weighted by atomic mass is 10.0. The number of alkyl carbamates (subject to hydrolysis) is 1. The summed E-state index contributed by atoms with van der Waals surface area (Å²) in [5.41, 5.74) is -0.585. The van der Waals surface area contributed by atoms with E-state index in [4.69, 9.17) is 9.47 Å². The third-order valence-electron chi connectivity index (χ3n) is 2.83. The Morgan fingerprint density at radius 3 is 2.48 bits per heavy atom. The molecule has 0 saturated heterocycles. The first-order chi connectivity index (χ1) is 10.5. The number of aromatic hydroxyl groups is 1. The van der Waals surface area contributed by atoms with Gasteiger partial charge in [-0.2, -0.15) is 0 Å². The van der Waals surface area contributed by atoms with E-state index in [0.717, 1.165) is 0 Å². The number of phenolic OH excluding ortho intramolecular Hbond substituents is 1. The van der Waals surface area contributed by atoms with Gasteiger partial charge in [-0.05, 0) is 32.9 Å². The summed E-state index contributed by atoms with van der Waals surface area (Å²) in [7, 11) is 1.37. The molecule has 2 unspecified atom stereocenters. The lowest BCUT2D eigenvalue weighted by Crippen LogP contribution is -2.38. The Kier molecular flexibility index (Phi) is 6.67. The van der Waals surface area contributed by atoms with E-state index in [2.05, 4.69) is 21.2 Å². The predicted molar refractivity (Wildman–Crippen MR) is 87.6 cm³/mol. The molecule has 2 atom stereocenters. The van der Waals surface area contributed by atoms with E-state index in [1.54, 1.807) is 20.8 Å². The standard InChI is InChI=1S/C15H22BrNO6/c1-15(2,3)23-14(21)17-7-10(18)12(19)9-5-8(16)6-11(22-4)13(9)20/h5-6,10,12,18-20H,7H2,1-4H3,(H,17,21). The van der Waals surface area contributed by atoms with Crippen molar-refractivity contribution in [1.82, 2.24) is 5.32 Å². The van der Waals surface area contributed by atoms with Gasteiger partial charge in [0, 0.05) is 16.6 Å². The highest BCUT2D eigenvalue weighted by Crippen LogP contribution is 2.37. The van der Waals surface area contributed by atoms with E-state index in [0.29, 0.717) is 4.47 Å². The highest BCUT2D eigenvalue weighted by Gasteiger charge is 2.25. The van der Waals surface area contributed by atoms with E-state index in [9.17, 15) is 20.1 Å². The van der Waals surface area contributed by atoms with E-state index in [1.807, 2.05) is 0 Å². The Morgan fingerprint density at radius 2 is 1.96 bits per heavy atom. The molecule has 0 spiro atoms. The van der Waals surface area contributed by atoms with Gasteiger partial charge in [-0.25, -0.2) is 4.79 Å². The fraction of sp³-hybridized carbons (Fsp3) is 0.533. The first-order valence-electron chi connectivity index (χ1n) is 6.94. The van der Waals surface area contributed by atoms with Crippen LogP contribution in [0, 0.1) is 0 Å². The summed E-state index contributed by atoms with van der Waals surface area (Å²) in [6, 6.07) is 2.98. The van der Waals surface area contributed by atoms with E-state index in [-0.39, 0.29) is 23.6 Å². The van der Waals surface area contributed by atoms with E-state index >= 15 is 0 Å². The molecule has 0 heterocycles. The second-order valence-corrected chi connectivity index (χ2v) is 6.86. The fourth-order valence-corrected chi connectivity index (χ4v) is 2.25. The maximum Gasteiger partial charge on any atom is 0.407 e. The molecule has 0 aliphatic heterocycles. The topological polar surface area (TPSA) is 108 Å². The number of benzene rings is 1. The van der Waals surface area contributed by atoms with Crippen molar-refractivity contribution < 1.29 is 29.6 Å². The van der Waals surface area contributed by atoms with Crippen LogP contribution < -0.4 is 10.1 Å². The minimum Gasteiger partial charge on any atom is -0.504 e. The number of ether oxygens (including phenoxy) is 2. The first-order valence-corrected chi connectivity index (χ1v) is 7.74. The van der Waals surface area contributed by atoms with Gasteiger partial charge in [0.25, 0.3) is 0 Å². The molecule has 0 aliphatic carbocycles. The molecule has 0 aliphatic rings. The molecule has 1 aromatic carbocycles. The Hall–Kier alpha value is -1.51. The highest BCUT2D eigenvalue weighted by molar-refractivity contribution is 9.10. The van der Waals surface area contributed by atoms with Crippen LogP contribution in [0.25, 0.3) is 0 Å². The number of phenols is 1. The number of hydrogen-bond acceptors (Lipinski definition) is 6. The Balaban J connectivity index is 2.76. The average molecular weight is 392 g/mol. The average Bonchev–Trinajstić information content (AvgIpc) is 2.44. The molecule has 0 bridgehead atoms. The molecular weight excluding hydrogens is 370 g/mol. The number of rotatable bonds is 5. The van der Waals surface area contributed by atoms with Gasteiger partial charge in [0.15, 0.2) is 11.5 Å². The van der Waals surface area contributed by atoms with Gasteiger partial charge in [-0.15, -0.1) is 0 Å². The van der Waals surface area contributed by atoms with Gasteiger partial charge in [-0.1, -0.05) is 15.9 Å². The van der Waals surface area contributed by atoms with Crippen LogP contribution in [0.1, 0.15) is 32.4 Å². The maximum atomic E-state index is 11.5. The van der Waals surface area contributed by atoms with Crippen LogP contribution in [0.3, 0.4) is 0 Å². The molecule has 0 aromatic heterocycles. The molecule has 0 saturated carbocycles. The number of nitrogens with one attached hydrogen (secondary N) is 1. The monoisotopic (exact) mass is 391 g/mol. The number of aliphatic hydroxyl groups is 2. The molecule has 8 heteroatoms. The van der Waals surface area contributed by atoms with Crippen LogP contribution in [0.5, 0.6) is 11.5 Å². The van der Waals surface area contributed by atoms with Gasteiger partial charge in [0.2, 0.25) is 0 Å². The molecule has 1 aromatic rings. The van der Waals surface area contributed by atoms with E-state index < -0.39 is 23.9 Å². The second kappa shape index (κ2) is 7.85. The zero-order valence-corrected chi connectivity index (χ0v) is 15.0. The molecular formula is C15H22BrNO6. The minimum atomic E-state index is -1.42. The van der Waals surface area contributed by atoms with Crippen LogP contribution in [-0.4, -0.2) is 46.8 Å². The Bertz CT molecular complexity index is 558. The summed E-state index contributed by atoms with van der Waals surface area (Å²) in [5.74, 6) is -0.125. The zero-order chi connectivity index (χ0) is 17.8. The van der Waals surface area contributed by atoms with Gasteiger partial charge < -0.3 is 30.1 Å². The number of amides is 1. The normalized spacial score (nSPS) is 14.0. The van der Waals surface area contributed by atoms with Gasteiger partial charge in [0.1, 0.15) is 17.8 Å². The van der Waals surface area contributed by atoms with Crippen molar-refractivity contribution in [2.75, 3.05) is 13.7 Å². The SMILES string of the molecule is COc1cc(Br)cc(C(O)C(O)CNC(=O)OC(C)(C)C)c1O. The summed E-state index contributed by atoms with van der Waals surface area (Å²) in [6.45, 7) is 4.89. The number of halogens is 1. The lowest BCUT2D eigenvalue weighted by Gasteiger charge is -2.23. The molecule has 1 rings (SSSR count). The fourth-order valence-electron chi connectivity index (χ4n) is 1.80. The number of carbonyl (C=O) groups excluding carboxylic acids is 1. The zero-order valence-electron chi connectivity index (χ0n) is 13.5. The summed E-state index contributed by atoms with van der Waals surface area (Å²) >= 11 is 3.23. The minimum absolute atomic E-state index is 0.0784. The van der Waals surface area contributed by atoms with Crippen LogP contribution in [0.2, 0.25) is 0 Å². The molecule has 130 valence electrons.